The number of nitrogens with zero attached hydrogens (tertiary/aromatic N) is 3. The highest BCUT2D eigenvalue weighted by molar-refractivity contribution is 6.31. The van der Waals surface area contributed by atoms with Crippen LogP contribution in [0, 0.1) is 5.82 Å². The molecule has 0 aliphatic carbocycles. The van der Waals surface area contributed by atoms with E-state index < -0.39 is 5.82 Å². The number of carbonyl (C=O) groups excluding carboxylic acids is 1. The highest BCUT2D eigenvalue weighted by atomic mass is 35.5. The molecular weight excluding hydrogens is 409 g/mol. The SMILES string of the molecule is C=C(CCOc1ccc(F)cn1)N(CCC)C(=O)c1cc(Cl)ccc1N(N)/C=C\N. The van der Waals surface area contributed by atoms with E-state index in [1.54, 1.807) is 23.1 Å². The van der Waals surface area contributed by atoms with Crippen LogP contribution in [0.4, 0.5) is 10.1 Å². The molecule has 0 bridgehead atoms. The number of rotatable bonds is 10. The first-order valence-electron chi connectivity index (χ1n) is 9.33. The Hall–Kier alpha value is -3.10. The van der Waals surface area contributed by atoms with Gasteiger partial charge < -0.3 is 15.4 Å². The van der Waals surface area contributed by atoms with Crippen molar-refractivity contribution in [1.29, 1.82) is 0 Å². The Morgan fingerprint density at radius 2 is 2.13 bits per heavy atom. The number of aromatic nitrogens is 1. The fourth-order valence-corrected chi connectivity index (χ4v) is 2.88. The molecule has 1 heterocycles. The van der Waals surface area contributed by atoms with E-state index in [1.807, 2.05) is 6.92 Å². The zero-order valence-corrected chi connectivity index (χ0v) is 17.5. The third-order valence-electron chi connectivity index (χ3n) is 4.13. The largest absolute Gasteiger partial charge is 0.477 e. The van der Waals surface area contributed by atoms with Gasteiger partial charge in [-0.2, -0.15) is 0 Å². The van der Waals surface area contributed by atoms with Gasteiger partial charge in [-0.3, -0.25) is 9.80 Å². The summed E-state index contributed by atoms with van der Waals surface area (Å²) >= 11 is 6.12. The van der Waals surface area contributed by atoms with Gasteiger partial charge in [0.1, 0.15) is 5.82 Å². The van der Waals surface area contributed by atoms with Gasteiger partial charge in [0.05, 0.1) is 24.1 Å². The fourth-order valence-electron chi connectivity index (χ4n) is 2.71. The number of amides is 1. The van der Waals surface area contributed by atoms with E-state index in [4.69, 9.17) is 27.9 Å². The van der Waals surface area contributed by atoms with E-state index in [1.165, 1.54) is 29.5 Å². The molecule has 4 N–H and O–H groups in total. The predicted molar refractivity (Wildman–Crippen MR) is 116 cm³/mol. The van der Waals surface area contributed by atoms with Crippen LogP contribution in [-0.2, 0) is 0 Å². The maximum atomic E-state index is 13.3. The van der Waals surface area contributed by atoms with Crippen LogP contribution in [0.1, 0.15) is 30.1 Å². The second kappa shape index (κ2) is 11.2. The summed E-state index contributed by atoms with van der Waals surface area (Å²) in [5.41, 5.74) is 6.74. The molecular formula is C21H25ClFN5O2. The van der Waals surface area contributed by atoms with Crippen LogP contribution in [0.2, 0.25) is 5.02 Å². The smallest absolute Gasteiger partial charge is 0.260 e. The van der Waals surface area contributed by atoms with Crippen molar-refractivity contribution < 1.29 is 13.9 Å². The summed E-state index contributed by atoms with van der Waals surface area (Å²) in [4.78, 5) is 18.7. The number of nitrogens with two attached hydrogens (primary N) is 2. The molecule has 0 saturated carbocycles. The van der Waals surface area contributed by atoms with Gasteiger partial charge in [0.15, 0.2) is 0 Å². The van der Waals surface area contributed by atoms with Crippen molar-refractivity contribution in [3.05, 3.63) is 77.6 Å². The van der Waals surface area contributed by atoms with Crippen molar-refractivity contribution in [2.24, 2.45) is 11.6 Å². The number of halogens is 2. The molecule has 0 unspecified atom stereocenters. The zero-order chi connectivity index (χ0) is 22.1. The second-order valence-electron chi connectivity index (χ2n) is 6.35. The Morgan fingerprint density at radius 1 is 1.37 bits per heavy atom. The third-order valence-corrected chi connectivity index (χ3v) is 4.36. The van der Waals surface area contributed by atoms with Gasteiger partial charge in [-0.05, 0) is 30.7 Å². The Labute approximate surface area is 180 Å². The lowest BCUT2D eigenvalue weighted by Gasteiger charge is -2.27. The fraction of sp³-hybridized carbons (Fsp3) is 0.238. The summed E-state index contributed by atoms with van der Waals surface area (Å²) < 4.78 is 18.4. The number of carbonyl (C=O) groups is 1. The summed E-state index contributed by atoms with van der Waals surface area (Å²) in [6, 6.07) is 7.54. The monoisotopic (exact) mass is 433 g/mol. The molecule has 160 valence electrons. The van der Waals surface area contributed by atoms with E-state index in [2.05, 4.69) is 11.6 Å². The lowest BCUT2D eigenvalue weighted by molar-refractivity contribution is 0.0798. The first kappa shape index (κ1) is 23.2. The Morgan fingerprint density at radius 3 is 2.77 bits per heavy atom. The zero-order valence-electron chi connectivity index (χ0n) is 16.7. The molecule has 0 saturated heterocycles. The molecule has 0 aliphatic rings. The first-order valence-corrected chi connectivity index (χ1v) is 9.71. The van der Waals surface area contributed by atoms with Gasteiger partial charge in [0.25, 0.3) is 5.91 Å². The van der Waals surface area contributed by atoms with Crippen molar-refractivity contribution in [2.45, 2.75) is 19.8 Å². The minimum atomic E-state index is -0.442. The minimum absolute atomic E-state index is 0.228. The average Bonchev–Trinajstić information content (AvgIpc) is 2.73. The van der Waals surface area contributed by atoms with E-state index in [9.17, 15) is 9.18 Å². The van der Waals surface area contributed by atoms with Crippen LogP contribution in [0.5, 0.6) is 5.88 Å². The Bertz CT molecular complexity index is 905. The molecule has 2 rings (SSSR count). The first-order chi connectivity index (χ1) is 14.4. The van der Waals surface area contributed by atoms with Gasteiger partial charge >= 0.3 is 0 Å². The summed E-state index contributed by atoms with van der Waals surface area (Å²) in [6.07, 6.45) is 4.87. The number of hydrogen-bond acceptors (Lipinski definition) is 6. The minimum Gasteiger partial charge on any atom is -0.477 e. The Balaban J connectivity index is 2.16. The number of hydrogen-bond donors (Lipinski definition) is 2. The maximum Gasteiger partial charge on any atom is 0.260 e. The van der Waals surface area contributed by atoms with E-state index in [0.29, 0.717) is 40.8 Å². The van der Waals surface area contributed by atoms with Gasteiger partial charge in [0.2, 0.25) is 5.88 Å². The highest BCUT2D eigenvalue weighted by Crippen LogP contribution is 2.26. The summed E-state index contributed by atoms with van der Waals surface area (Å²) in [7, 11) is 0. The van der Waals surface area contributed by atoms with Crippen molar-refractivity contribution in [3.63, 3.8) is 0 Å². The quantitative estimate of drug-likeness (QED) is 0.436. The molecule has 0 spiro atoms. The molecule has 0 aliphatic heterocycles. The number of ether oxygens (including phenoxy) is 1. The van der Waals surface area contributed by atoms with E-state index >= 15 is 0 Å². The Kier molecular flexibility index (Phi) is 8.64. The van der Waals surface area contributed by atoms with Crippen LogP contribution < -0.4 is 21.3 Å². The molecule has 0 atom stereocenters. The average molecular weight is 434 g/mol. The number of benzene rings is 1. The topological polar surface area (TPSA) is 97.7 Å². The number of anilines is 1. The molecule has 1 aromatic heterocycles. The van der Waals surface area contributed by atoms with E-state index in [-0.39, 0.29) is 12.5 Å². The number of hydrazine groups is 1. The number of pyridine rings is 1. The normalized spacial score (nSPS) is 10.8. The van der Waals surface area contributed by atoms with Crippen molar-refractivity contribution >= 4 is 23.2 Å². The molecule has 30 heavy (non-hydrogen) atoms. The summed E-state index contributed by atoms with van der Waals surface area (Å²) in [5, 5.41) is 1.65. The third kappa shape index (κ3) is 6.20. The van der Waals surface area contributed by atoms with E-state index in [0.717, 1.165) is 12.6 Å². The molecule has 1 aromatic carbocycles. The predicted octanol–water partition coefficient (Wildman–Crippen LogP) is 3.82. The van der Waals surface area contributed by atoms with Crippen LogP contribution >= 0.6 is 11.6 Å². The van der Waals surface area contributed by atoms with Crippen LogP contribution in [0.25, 0.3) is 0 Å². The highest BCUT2D eigenvalue weighted by Gasteiger charge is 2.22. The van der Waals surface area contributed by atoms with Crippen molar-refractivity contribution in [2.75, 3.05) is 18.2 Å². The van der Waals surface area contributed by atoms with Gasteiger partial charge in [0, 0.05) is 42.2 Å². The maximum absolute atomic E-state index is 13.3. The molecule has 0 radical (unpaired) electrons. The summed E-state index contributed by atoms with van der Waals surface area (Å²) in [5.74, 6) is 5.54. The second-order valence-corrected chi connectivity index (χ2v) is 6.78. The van der Waals surface area contributed by atoms with Crippen molar-refractivity contribution in [3.8, 4) is 5.88 Å². The summed E-state index contributed by atoms with van der Waals surface area (Å²) in [6.45, 7) is 6.67. The molecule has 0 fully saturated rings. The molecule has 9 heteroatoms. The molecule has 2 aromatic rings. The van der Waals surface area contributed by atoms with Crippen molar-refractivity contribution in [1.82, 2.24) is 9.88 Å². The lowest BCUT2D eigenvalue weighted by Crippen LogP contribution is -2.34. The van der Waals surface area contributed by atoms with Gasteiger partial charge in [-0.1, -0.05) is 25.1 Å². The van der Waals surface area contributed by atoms with Crippen LogP contribution in [0.15, 0.2) is 61.2 Å². The van der Waals surface area contributed by atoms with Crippen LogP contribution in [0.3, 0.4) is 0 Å². The van der Waals surface area contributed by atoms with Gasteiger partial charge in [-0.15, -0.1) is 0 Å². The molecule has 1 amide bonds. The van der Waals surface area contributed by atoms with Crippen LogP contribution in [-0.4, -0.2) is 28.9 Å². The standard InChI is InChI=1S/C21H25ClFN5O2/c1-3-10-27(15(2)8-12-30-20-7-5-17(23)14-26-20)21(29)18-13-16(22)4-6-19(18)28(25)11-9-24/h4-7,9,11,13-14H,2-3,8,10,12,24-25H2,1H3/b11-9-. The lowest BCUT2D eigenvalue weighted by atomic mass is 10.1. The molecule has 7 nitrogen and oxygen atoms in total. The van der Waals surface area contributed by atoms with Gasteiger partial charge in [-0.25, -0.2) is 15.2 Å².